The van der Waals surface area contributed by atoms with Crippen molar-refractivity contribution in [3.05, 3.63) is 42.5 Å². The first kappa shape index (κ1) is 11.8. The number of ether oxygens (including phenoxy) is 1. The zero-order chi connectivity index (χ0) is 8.10. The molecular weight excluding hydrogens is 159 g/mol. The number of para-hydroxylation sites is 1. The Labute approximate surface area is 95.7 Å². The topological polar surface area (TPSA) is 9.23 Å². The van der Waals surface area contributed by atoms with Gasteiger partial charge in [0, 0.05) is 0 Å². The van der Waals surface area contributed by atoms with Crippen LogP contribution in [-0.2, 0) is 0 Å². The minimum absolute atomic E-state index is 0. The Hall–Kier alpha value is -0.240. The van der Waals surface area contributed by atoms with Crippen LogP contribution < -0.4 is 34.3 Å². The van der Waals surface area contributed by atoms with Crippen LogP contribution in [0.1, 0.15) is 6.92 Å². The molecule has 2 heteroatoms. The summed E-state index contributed by atoms with van der Waals surface area (Å²) in [5, 5.41) is 0. The van der Waals surface area contributed by atoms with Crippen LogP contribution in [0.25, 0.3) is 0 Å². The number of rotatable bonds is 3. The van der Waals surface area contributed by atoms with E-state index in [-0.39, 0.29) is 29.6 Å². The van der Waals surface area contributed by atoms with Gasteiger partial charge in [-0.1, -0.05) is 24.8 Å². The van der Waals surface area contributed by atoms with Crippen molar-refractivity contribution in [1.29, 1.82) is 0 Å². The van der Waals surface area contributed by atoms with E-state index in [1.807, 2.05) is 37.3 Å². The molecule has 1 nitrogen and oxygen atoms in total. The molecule has 58 valence electrons. The van der Waals surface area contributed by atoms with Crippen molar-refractivity contribution < 1.29 is 34.3 Å². The summed E-state index contributed by atoms with van der Waals surface area (Å²) in [6.45, 7) is 6.29. The van der Waals surface area contributed by atoms with E-state index in [0.29, 0.717) is 6.61 Å². The second-order valence-corrected chi connectivity index (χ2v) is 2.56. The average molecular weight is 171 g/mol. The third-order valence-electron chi connectivity index (χ3n) is 1.23. The fourth-order valence-electron chi connectivity index (χ4n) is 0.723. The molecule has 0 fully saturated rings. The van der Waals surface area contributed by atoms with Gasteiger partial charge in [-0.25, -0.2) is 0 Å². The predicted octanol–water partition coefficient (Wildman–Crippen LogP) is -0.355. The van der Waals surface area contributed by atoms with Crippen LogP contribution >= 0.6 is 0 Å². The molecule has 0 aliphatic carbocycles. The summed E-state index contributed by atoms with van der Waals surface area (Å²) in [5.41, 5.74) is 1.04. The maximum Gasteiger partial charge on any atom is 1.00 e. The van der Waals surface area contributed by atoms with Crippen molar-refractivity contribution in [1.82, 2.24) is 0 Å². The van der Waals surface area contributed by atoms with Gasteiger partial charge in [-0.2, -0.15) is 0 Å². The number of hydrogen-bond acceptors (Lipinski definition) is 1. The Bertz CT molecular complexity index is 231. The summed E-state index contributed by atoms with van der Waals surface area (Å²) < 4.78 is 5.37. The van der Waals surface area contributed by atoms with Gasteiger partial charge in [0.2, 0.25) is 0 Å². The summed E-state index contributed by atoms with van der Waals surface area (Å²) in [7, 11) is 0. The van der Waals surface area contributed by atoms with Gasteiger partial charge in [-0.3, -0.25) is 0 Å². The van der Waals surface area contributed by atoms with Crippen molar-refractivity contribution in [2.75, 3.05) is 6.61 Å². The van der Waals surface area contributed by atoms with Gasteiger partial charge in [0.25, 0.3) is 0 Å². The first-order valence-electron chi connectivity index (χ1n) is 3.61. The minimum atomic E-state index is 0. The maximum atomic E-state index is 5.37. The monoisotopic (exact) mass is 171 g/mol. The summed E-state index contributed by atoms with van der Waals surface area (Å²) in [5.74, 6) is 0.899. The van der Waals surface area contributed by atoms with Crippen LogP contribution in [0.5, 0.6) is 5.75 Å². The Morgan fingerprint density at radius 1 is 1.33 bits per heavy atom. The molecule has 0 radical (unpaired) electrons. The standard InChI is InChI=1S/C10H12O.Na/c1-9(2)8-11-10-6-4-3-5-7-10;/h3-7H,1,8H2,2H3;/q;+1. The second-order valence-electron chi connectivity index (χ2n) is 2.56. The van der Waals surface area contributed by atoms with E-state index in [4.69, 9.17) is 4.74 Å². The van der Waals surface area contributed by atoms with Crippen molar-refractivity contribution in [3.8, 4) is 5.75 Å². The van der Waals surface area contributed by atoms with E-state index >= 15 is 0 Å². The molecule has 1 rings (SSSR count). The SMILES string of the molecule is C=C(C)COc1ccccc1.[Na+]. The first-order chi connectivity index (χ1) is 5.29. The molecule has 0 spiro atoms. The molecule has 0 saturated heterocycles. The summed E-state index contributed by atoms with van der Waals surface area (Å²) in [4.78, 5) is 0. The van der Waals surface area contributed by atoms with E-state index in [1.165, 1.54) is 0 Å². The second kappa shape index (κ2) is 6.30. The summed E-state index contributed by atoms with van der Waals surface area (Å²) in [6, 6.07) is 9.74. The first-order valence-corrected chi connectivity index (χ1v) is 3.61. The van der Waals surface area contributed by atoms with Gasteiger partial charge in [0.15, 0.2) is 0 Å². The fourth-order valence-corrected chi connectivity index (χ4v) is 0.723. The predicted molar refractivity (Wildman–Crippen MR) is 46.8 cm³/mol. The van der Waals surface area contributed by atoms with Crippen LogP contribution in [-0.4, -0.2) is 6.61 Å². The molecule has 0 N–H and O–H groups in total. The van der Waals surface area contributed by atoms with Crippen LogP contribution in [0, 0.1) is 0 Å². The van der Waals surface area contributed by atoms with E-state index in [1.54, 1.807) is 0 Å². The van der Waals surface area contributed by atoms with Crippen LogP contribution in [0.15, 0.2) is 42.5 Å². The molecule has 12 heavy (non-hydrogen) atoms. The zero-order valence-corrected chi connectivity index (χ0v) is 9.71. The van der Waals surface area contributed by atoms with Gasteiger partial charge in [-0.05, 0) is 24.6 Å². The molecule has 0 bridgehead atoms. The van der Waals surface area contributed by atoms with Crippen molar-refractivity contribution in [2.45, 2.75) is 6.92 Å². The number of hydrogen-bond donors (Lipinski definition) is 0. The number of benzene rings is 1. The van der Waals surface area contributed by atoms with E-state index in [9.17, 15) is 0 Å². The zero-order valence-electron chi connectivity index (χ0n) is 7.71. The third-order valence-corrected chi connectivity index (χ3v) is 1.23. The molecule has 0 heterocycles. The normalized spacial score (nSPS) is 8.42. The largest absolute Gasteiger partial charge is 1.00 e. The Balaban J connectivity index is 0.00000121. The van der Waals surface area contributed by atoms with E-state index in [2.05, 4.69) is 6.58 Å². The Morgan fingerprint density at radius 2 is 1.92 bits per heavy atom. The van der Waals surface area contributed by atoms with Crippen LogP contribution in [0.4, 0.5) is 0 Å². The van der Waals surface area contributed by atoms with Gasteiger partial charge < -0.3 is 4.74 Å². The Morgan fingerprint density at radius 3 is 2.42 bits per heavy atom. The third kappa shape index (κ3) is 4.60. The van der Waals surface area contributed by atoms with Gasteiger partial charge >= 0.3 is 29.6 Å². The van der Waals surface area contributed by atoms with Gasteiger partial charge in [0.05, 0.1) is 0 Å². The van der Waals surface area contributed by atoms with Crippen LogP contribution in [0.2, 0.25) is 0 Å². The molecule has 0 aliphatic heterocycles. The molecule has 0 unspecified atom stereocenters. The molecule has 1 aromatic rings. The van der Waals surface area contributed by atoms with Gasteiger partial charge in [0.1, 0.15) is 12.4 Å². The minimum Gasteiger partial charge on any atom is -0.489 e. The molecule has 0 amide bonds. The van der Waals surface area contributed by atoms with Crippen molar-refractivity contribution in [2.24, 2.45) is 0 Å². The average Bonchev–Trinajstić information content (AvgIpc) is 2.03. The van der Waals surface area contributed by atoms with Gasteiger partial charge in [-0.15, -0.1) is 0 Å². The summed E-state index contributed by atoms with van der Waals surface area (Å²) >= 11 is 0. The molecule has 0 atom stereocenters. The molecular formula is C10H12NaO+. The molecule has 0 saturated carbocycles. The maximum absolute atomic E-state index is 5.37. The fraction of sp³-hybridized carbons (Fsp3) is 0.200. The van der Waals surface area contributed by atoms with E-state index in [0.717, 1.165) is 11.3 Å². The smallest absolute Gasteiger partial charge is 0.489 e. The Kier molecular flexibility index (Phi) is 6.17. The van der Waals surface area contributed by atoms with Crippen LogP contribution in [0.3, 0.4) is 0 Å². The summed E-state index contributed by atoms with van der Waals surface area (Å²) in [6.07, 6.45) is 0. The molecule has 1 aromatic carbocycles. The quantitative estimate of drug-likeness (QED) is 0.446. The van der Waals surface area contributed by atoms with Crippen molar-refractivity contribution in [3.63, 3.8) is 0 Å². The van der Waals surface area contributed by atoms with Crippen molar-refractivity contribution >= 4 is 0 Å². The van der Waals surface area contributed by atoms with E-state index < -0.39 is 0 Å². The molecule has 0 aromatic heterocycles. The molecule has 0 aliphatic rings.